The van der Waals surface area contributed by atoms with Gasteiger partial charge in [-0.1, -0.05) is 19.3 Å². The Hall–Kier alpha value is -1.92. The predicted molar refractivity (Wildman–Crippen MR) is 91.4 cm³/mol. The van der Waals surface area contributed by atoms with Crippen LogP contribution >= 0.6 is 0 Å². The Kier molecular flexibility index (Phi) is 5.71. The van der Waals surface area contributed by atoms with Gasteiger partial charge in [-0.3, -0.25) is 9.59 Å². The second kappa shape index (κ2) is 7.97. The smallest absolute Gasteiger partial charge is 0.235 e. The summed E-state index contributed by atoms with van der Waals surface area (Å²) in [6.07, 6.45) is 7.36. The van der Waals surface area contributed by atoms with Gasteiger partial charge < -0.3 is 14.2 Å². The number of piperidine rings is 1. The summed E-state index contributed by atoms with van der Waals surface area (Å²) in [6, 6.07) is 0. The fraction of sp³-hybridized carbons (Fsp3) is 0.778. The third-order valence-electron chi connectivity index (χ3n) is 5.37. The highest BCUT2D eigenvalue weighted by Gasteiger charge is 2.33. The summed E-state index contributed by atoms with van der Waals surface area (Å²) >= 11 is 0. The lowest BCUT2D eigenvalue weighted by atomic mass is 9.87. The van der Waals surface area contributed by atoms with Crippen molar-refractivity contribution in [3.63, 3.8) is 0 Å². The molecule has 0 aromatic carbocycles. The quantitative estimate of drug-likeness (QED) is 0.814. The lowest BCUT2D eigenvalue weighted by molar-refractivity contribution is -0.143. The van der Waals surface area contributed by atoms with Gasteiger partial charge in [0, 0.05) is 33.5 Å². The van der Waals surface area contributed by atoms with Crippen LogP contribution in [0.5, 0.6) is 0 Å². The zero-order valence-corrected chi connectivity index (χ0v) is 15.2. The molecule has 1 aromatic rings. The van der Waals surface area contributed by atoms with Crippen molar-refractivity contribution in [1.82, 2.24) is 20.0 Å². The molecule has 25 heavy (non-hydrogen) atoms. The Labute approximate surface area is 148 Å². The molecule has 2 heterocycles. The molecule has 2 amide bonds. The van der Waals surface area contributed by atoms with Crippen molar-refractivity contribution < 1.29 is 14.0 Å². The Morgan fingerprint density at radius 2 is 2.00 bits per heavy atom. The summed E-state index contributed by atoms with van der Waals surface area (Å²) in [7, 11) is 1.75. The number of rotatable bonds is 5. The van der Waals surface area contributed by atoms with E-state index in [1.54, 1.807) is 18.9 Å². The average Bonchev–Trinajstić information content (AvgIpc) is 3.02. The van der Waals surface area contributed by atoms with E-state index in [1.807, 2.05) is 4.90 Å². The van der Waals surface area contributed by atoms with Crippen molar-refractivity contribution in [2.24, 2.45) is 11.8 Å². The standard InChI is InChI=1S/C18H28N4O3/c1-13-19-20-16(25-13)12-21(2)18(24)15-8-9-17(23)22(11-15)10-14-6-4-3-5-7-14/h14-15H,3-12H2,1-2H3. The molecule has 1 unspecified atom stereocenters. The number of amides is 2. The molecular weight excluding hydrogens is 320 g/mol. The third kappa shape index (κ3) is 4.58. The summed E-state index contributed by atoms with van der Waals surface area (Å²) in [5.41, 5.74) is 0. The molecule has 0 bridgehead atoms. The van der Waals surface area contributed by atoms with Crippen LogP contribution in [0.15, 0.2) is 4.42 Å². The molecule has 138 valence electrons. The molecule has 7 nitrogen and oxygen atoms in total. The Morgan fingerprint density at radius 3 is 2.68 bits per heavy atom. The van der Waals surface area contributed by atoms with Crippen molar-refractivity contribution in [2.45, 2.75) is 58.4 Å². The highest BCUT2D eigenvalue weighted by Crippen LogP contribution is 2.27. The first-order chi connectivity index (χ1) is 12.0. The van der Waals surface area contributed by atoms with Gasteiger partial charge in [0.25, 0.3) is 0 Å². The van der Waals surface area contributed by atoms with E-state index in [4.69, 9.17) is 4.42 Å². The summed E-state index contributed by atoms with van der Waals surface area (Å²) in [5, 5.41) is 7.73. The van der Waals surface area contributed by atoms with Crippen LogP contribution in [0, 0.1) is 18.8 Å². The van der Waals surface area contributed by atoms with Crippen LogP contribution in [-0.4, -0.2) is 51.9 Å². The molecular formula is C18H28N4O3. The Morgan fingerprint density at radius 1 is 1.24 bits per heavy atom. The van der Waals surface area contributed by atoms with Crippen molar-refractivity contribution >= 4 is 11.8 Å². The molecule has 1 saturated heterocycles. The highest BCUT2D eigenvalue weighted by atomic mass is 16.4. The highest BCUT2D eigenvalue weighted by molar-refractivity contribution is 5.83. The van der Waals surface area contributed by atoms with Crippen molar-refractivity contribution in [3.05, 3.63) is 11.8 Å². The van der Waals surface area contributed by atoms with E-state index in [1.165, 1.54) is 32.1 Å². The second-order valence-electron chi connectivity index (χ2n) is 7.45. The summed E-state index contributed by atoms with van der Waals surface area (Å²) in [4.78, 5) is 28.6. The van der Waals surface area contributed by atoms with Gasteiger partial charge in [0.2, 0.25) is 23.6 Å². The number of carbonyl (C=O) groups is 2. The van der Waals surface area contributed by atoms with Crippen molar-refractivity contribution in [1.29, 1.82) is 0 Å². The van der Waals surface area contributed by atoms with Gasteiger partial charge in [0.15, 0.2) is 0 Å². The zero-order valence-electron chi connectivity index (χ0n) is 15.2. The molecule has 2 fully saturated rings. The molecule has 2 aliphatic rings. The molecule has 7 heteroatoms. The molecule has 0 spiro atoms. The molecule has 1 aromatic heterocycles. The van der Waals surface area contributed by atoms with Gasteiger partial charge in [-0.05, 0) is 25.2 Å². The first-order valence-corrected chi connectivity index (χ1v) is 9.34. The number of hydrogen-bond acceptors (Lipinski definition) is 5. The fourth-order valence-corrected chi connectivity index (χ4v) is 3.97. The lowest BCUT2D eigenvalue weighted by Crippen LogP contribution is -2.47. The molecule has 0 N–H and O–H groups in total. The van der Waals surface area contributed by atoms with Gasteiger partial charge in [-0.15, -0.1) is 10.2 Å². The molecule has 1 aliphatic carbocycles. The van der Waals surface area contributed by atoms with Crippen LogP contribution in [0.2, 0.25) is 0 Å². The van der Waals surface area contributed by atoms with E-state index in [9.17, 15) is 9.59 Å². The number of likely N-dealkylation sites (tertiary alicyclic amines) is 1. The average molecular weight is 348 g/mol. The van der Waals surface area contributed by atoms with Crippen LogP contribution in [0.25, 0.3) is 0 Å². The Balaban J connectivity index is 1.55. The first kappa shape index (κ1) is 17.9. The minimum absolute atomic E-state index is 0.0528. The molecule has 1 saturated carbocycles. The largest absolute Gasteiger partial charge is 0.424 e. The van der Waals surface area contributed by atoms with E-state index >= 15 is 0 Å². The molecule has 1 atom stereocenters. The monoisotopic (exact) mass is 348 g/mol. The molecule has 0 radical (unpaired) electrons. The van der Waals surface area contributed by atoms with E-state index in [2.05, 4.69) is 10.2 Å². The second-order valence-corrected chi connectivity index (χ2v) is 7.45. The number of hydrogen-bond donors (Lipinski definition) is 0. The maximum absolute atomic E-state index is 12.8. The minimum atomic E-state index is -0.129. The lowest BCUT2D eigenvalue weighted by Gasteiger charge is -2.36. The SMILES string of the molecule is Cc1nnc(CN(C)C(=O)C2CCC(=O)N(CC3CCCCC3)C2)o1. The van der Waals surface area contributed by atoms with Crippen LogP contribution in [0.4, 0.5) is 0 Å². The van der Waals surface area contributed by atoms with E-state index in [-0.39, 0.29) is 17.7 Å². The normalized spacial score (nSPS) is 22.2. The van der Waals surface area contributed by atoms with E-state index in [0.29, 0.717) is 43.6 Å². The van der Waals surface area contributed by atoms with Gasteiger partial charge >= 0.3 is 0 Å². The van der Waals surface area contributed by atoms with Gasteiger partial charge in [-0.2, -0.15) is 0 Å². The van der Waals surface area contributed by atoms with Crippen molar-refractivity contribution in [3.8, 4) is 0 Å². The number of aryl methyl sites for hydroxylation is 1. The van der Waals surface area contributed by atoms with Crippen LogP contribution < -0.4 is 0 Å². The predicted octanol–water partition coefficient (Wildman–Crippen LogP) is 2.16. The van der Waals surface area contributed by atoms with Crippen LogP contribution in [0.3, 0.4) is 0 Å². The topological polar surface area (TPSA) is 79.5 Å². The summed E-state index contributed by atoms with van der Waals surface area (Å²) < 4.78 is 5.35. The summed E-state index contributed by atoms with van der Waals surface area (Å²) in [6.45, 7) is 3.40. The number of carbonyl (C=O) groups excluding carboxylic acids is 2. The van der Waals surface area contributed by atoms with Gasteiger partial charge in [0.05, 0.1) is 12.5 Å². The van der Waals surface area contributed by atoms with Crippen LogP contribution in [-0.2, 0) is 16.1 Å². The Bertz CT molecular complexity index is 609. The first-order valence-electron chi connectivity index (χ1n) is 9.34. The van der Waals surface area contributed by atoms with Gasteiger partial charge in [0.1, 0.15) is 0 Å². The maximum Gasteiger partial charge on any atom is 0.235 e. The zero-order chi connectivity index (χ0) is 17.8. The maximum atomic E-state index is 12.8. The third-order valence-corrected chi connectivity index (χ3v) is 5.37. The number of aromatic nitrogens is 2. The van der Waals surface area contributed by atoms with Crippen molar-refractivity contribution in [2.75, 3.05) is 20.1 Å². The van der Waals surface area contributed by atoms with Crippen LogP contribution in [0.1, 0.15) is 56.7 Å². The van der Waals surface area contributed by atoms with Gasteiger partial charge in [-0.25, -0.2) is 0 Å². The molecule has 3 rings (SSSR count). The number of nitrogens with zero attached hydrogens (tertiary/aromatic N) is 4. The fourth-order valence-electron chi connectivity index (χ4n) is 3.97. The summed E-state index contributed by atoms with van der Waals surface area (Å²) in [5.74, 6) is 1.67. The van der Waals surface area contributed by atoms with E-state index < -0.39 is 0 Å². The molecule has 1 aliphatic heterocycles. The van der Waals surface area contributed by atoms with E-state index in [0.717, 1.165) is 6.54 Å². The minimum Gasteiger partial charge on any atom is -0.424 e.